The zero-order valence-electron chi connectivity index (χ0n) is 9.22. The monoisotopic (exact) mass is 402 g/mol. The van der Waals surface area contributed by atoms with Gasteiger partial charge in [-0.3, -0.25) is 0 Å². The molecule has 0 N–H and O–H groups in total. The summed E-state index contributed by atoms with van der Waals surface area (Å²) in [5.74, 6) is -0.205. The Morgan fingerprint density at radius 1 is 1.25 bits per heavy atom. The minimum absolute atomic E-state index is 0.205. The van der Waals surface area contributed by atoms with Crippen LogP contribution in [-0.4, -0.2) is 5.97 Å². The molecule has 0 saturated heterocycles. The molecule has 78 valence electrons. The van der Waals surface area contributed by atoms with Gasteiger partial charge in [-0.05, 0) is 0 Å². The van der Waals surface area contributed by atoms with E-state index in [1.165, 1.54) is 6.92 Å². The van der Waals surface area contributed by atoms with Gasteiger partial charge in [-0.15, -0.1) is 0 Å². The molecule has 0 saturated carbocycles. The normalized spacial score (nSPS) is 22.1. The van der Waals surface area contributed by atoms with E-state index in [2.05, 4.69) is 9.66 Å². The Balaban J connectivity index is 2.39. The first-order valence-corrected chi connectivity index (χ1v) is 11.2. The molecule has 2 rings (SSSR count). The van der Waals surface area contributed by atoms with Gasteiger partial charge in [0, 0.05) is 0 Å². The van der Waals surface area contributed by atoms with Crippen molar-refractivity contribution in [3.63, 3.8) is 0 Å². The molecule has 16 heavy (non-hydrogen) atoms. The van der Waals surface area contributed by atoms with E-state index < -0.39 is 27.7 Å². The number of hydrogen-bond donors (Lipinski definition) is 0. The average Bonchev–Trinajstić information content (AvgIpc) is 2.30. The number of rotatable bonds is 2. The summed E-state index contributed by atoms with van der Waals surface area (Å²) < 4.78 is 7.42. The van der Waals surface area contributed by atoms with Gasteiger partial charge < -0.3 is 0 Å². The number of hydrogen-bond acceptors (Lipinski definition) is 2. The van der Waals surface area contributed by atoms with Crippen LogP contribution in [0, 0.1) is 0 Å². The SMILES string of the molecule is CC(=O)O[C]1(c2ccccc2)C=CC=[CH][Hg]1. The van der Waals surface area contributed by atoms with E-state index in [-0.39, 0.29) is 5.97 Å². The van der Waals surface area contributed by atoms with Crippen molar-refractivity contribution < 1.29 is 34.1 Å². The first-order valence-electron chi connectivity index (χ1n) is 5.32. The summed E-state index contributed by atoms with van der Waals surface area (Å²) >= 11 is -1.43. The quantitative estimate of drug-likeness (QED) is 0.563. The van der Waals surface area contributed by atoms with E-state index in [0.29, 0.717) is 0 Å². The van der Waals surface area contributed by atoms with E-state index in [4.69, 9.17) is 4.74 Å². The molecule has 0 fully saturated rings. The van der Waals surface area contributed by atoms with Gasteiger partial charge >= 0.3 is 108 Å². The zero-order valence-corrected chi connectivity index (χ0v) is 14.7. The summed E-state index contributed by atoms with van der Waals surface area (Å²) in [6, 6.07) is 10.0. The van der Waals surface area contributed by atoms with E-state index in [1.807, 2.05) is 42.5 Å². The molecule has 0 radical (unpaired) electrons. The second kappa shape index (κ2) is 4.96. The Labute approximate surface area is 107 Å². The van der Waals surface area contributed by atoms with Crippen molar-refractivity contribution in [1.82, 2.24) is 0 Å². The number of benzene rings is 1. The maximum absolute atomic E-state index is 11.2. The van der Waals surface area contributed by atoms with Crippen LogP contribution in [0.15, 0.2) is 52.1 Å². The number of ether oxygens (including phenoxy) is 1. The molecule has 1 atom stereocenters. The Hall–Kier alpha value is -0.895. The van der Waals surface area contributed by atoms with Crippen LogP contribution in [-0.2, 0) is 37.2 Å². The van der Waals surface area contributed by atoms with Crippen molar-refractivity contribution in [2.75, 3.05) is 0 Å². The molecule has 0 amide bonds. The van der Waals surface area contributed by atoms with Gasteiger partial charge in [0.15, 0.2) is 0 Å². The molecule has 0 spiro atoms. The molecule has 2 nitrogen and oxygen atoms in total. The average molecular weight is 401 g/mol. The Morgan fingerprint density at radius 2 is 2.00 bits per heavy atom. The Bertz CT molecular complexity index is 437. The topological polar surface area (TPSA) is 26.3 Å². The van der Waals surface area contributed by atoms with Crippen LogP contribution in [0.2, 0.25) is 0 Å². The Kier molecular flexibility index (Phi) is 3.59. The molecule has 1 aliphatic rings. The summed E-state index contributed by atoms with van der Waals surface area (Å²) in [5, 5.41) is 0. The van der Waals surface area contributed by atoms with Gasteiger partial charge in [0.25, 0.3) is 0 Å². The summed E-state index contributed by atoms with van der Waals surface area (Å²) in [6.45, 7) is 1.48. The predicted octanol–water partition coefficient (Wildman–Crippen LogP) is 2.57. The fourth-order valence-electron chi connectivity index (χ4n) is 1.93. The predicted molar refractivity (Wildman–Crippen MR) is 58.2 cm³/mol. The number of carbonyl (C=O) groups is 1. The molecule has 1 aliphatic heterocycles. The molecule has 0 aliphatic carbocycles. The summed E-state index contributed by atoms with van der Waals surface area (Å²) in [6.07, 6.45) is 6.07. The number of esters is 1. The summed E-state index contributed by atoms with van der Waals surface area (Å²) in [5.41, 5.74) is 1.10. The van der Waals surface area contributed by atoms with Gasteiger partial charge in [-0.1, -0.05) is 0 Å². The second-order valence-electron chi connectivity index (χ2n) is 3.84. The number of carbonyl (C=O) groups excluding carboxylic acids is 1. The molecular formula is C13H12HgO2. The summed E-state index contributed by atoms with van der Waals surface area (Å²) in [4.78, 5) is 11.2. The van der Waals surface area contributed by atoms with E-state index in [1.54, 1.807) is 0 Å². The van der Waals surface area contributed by atoms with Crippen LogP contribution in [0.5, 0.6) is 0 Å². The molecule has 3 heteroatoms. The third kappa shape index (κ3) is 2.43. The van der Waals surface area contributed by atoms with Crippen LogP contribution in [0.4, 0.5) is 0 Å². The molecule has 0 bridgehead atoms. The molecular weight excluding hydrogens is 389 g/mol. The van der Waals surface area contributed by atoms with Crippen molar-refractivity contribution in [2.24, 2.45) is 0 Å². The standard InChI is InChI=1S/C13H12O2.Hg/c1-3-4-10-13(15-11(2)14)12-8-6-5-7-9-12;/h1,3-10H,2H3;. The van der Waals surface area contributed by atoms with Crippen LogP contribution >= 0.6 is 0 Å². The fraction of sp³-hybridized carbons (Fsp3) is 0.154. The van der Waals surface area contributed by atoms with Crippen molar-refractivity contribution in [1.29, 1.82) is 0 Å². The van der Waals surface area contributed by atoms with Gasteiger partial charge in [0.2, 0.25) is 0 Å². The molecule has 1 unspecified atom stereocenters. The zero-order chi connectivity index (χ0) is 11.4. The van der Waals surface area contributed by atoms with Gasteiger partial charge in [-0.2, -0.15) is 0 Å². The molecule has 0 aromatic heterocycles. The molecule has 1 heterocycles. The van der Waals surface area contributed by atoms with Crippen molar-refractivity contribution in [2.45, 2.75) is 10.0 Å². The van der Waals surface area contributed by atoms with Crippen molar-refractivity contribution >= 4 is 5.97 Å². The minimum atomic E-state index is -1.43. The number of allylic oxidation sites excluding steroid dienone is 2. The first kappa shape index (κ1) is 11.6. The van der Waals surface area contributed by atoms with Gasteiger partial charge in [0.1, 0.15) is 0 Å². The van der Waals surface area contributed by atoms with Crippen molar-refractivity contribution in [3.05, 3.63) is 57.7 Å². The maximum atomic E-state index is 11.2. The van der Waals surface area contributed by atoms with E-state index in [0.717, 1.165) is 5.56 Å². The van der Waals surface area contributed by atoms with Crippen LogP contribution in [0.3, 0.4) is 0 Å². The third-order valence-electron chi connectivity index (χ3n) is 2.62. The second-order valence-corrected chi connectivity index (χ2v) is 11.3. The molecule has 1 aromatic carbocycles. The van der Waals surface area contributed by atoms with Crippen LogP contribution in [0.25, 0.3) is 0 Å². The fourth-order valence-corrected chi connectivity index (χ4v) is 8.43. The van der Waals surface area contributed by atoms with Gasteiger partial charge in [-0.25, -0.2) is 0 Å². The third-order valence-corrected chi connectivity index (χ3v) is 10.0. The van der Waals surface area contributed by atoms with Gasteiger partial charge in [0.05, 0.1) is 0 Å². The first-order chi connectivity index (χ1) is 7.73. The Morgan fingerprint density at radius 3 is 2.56 bits per heavy atom. The molecule has 1 aromatic rings. The van der Waals surface area contributed by atoms with E-state index >= 15 is 0 Å². The van der Waals surface area contributed by atoms with Crippen LogP contribution in [0.1, 0.15) is 12.5 Å². The summed E-state index contributed by atoms with van der Waals surface area (Å²) in [7, 11) is 0. The van der Waals surface area contributed by atoms with Crippen molar-refractivity contribution in [3.8, 4) is 0 Å². The van der Waals surface area contributed by atoms with Crippen LogP contribution < -0.4 is 0 Å². The van der Waals surface area contributed by atoms with E-state index in [9.17, 15) is 4.79 Å².